The van der Waals surface area contributed by atoms with Crippen molar-refractivity contribution >= 4 is 11.5 Å². The molecule has 0 saturated carbocycles. The predicted molar refractivity (Wildman–Crippen MR) is 142 cm³/mol. The Balaban J connectivity index is 1.51. The molecule has 0 unspecified atom stereocenters. The molecule has 0 radical (unpaired) electrons. The molecule has 3 aromatic carbocycles. The van der Waals surface area contributed by atoms with Crippen molar-refractivity contribution in [3.05, 3.63) is 114 Å². The average molecular weight is 488 g/mol. The minimum atomic E-state index is -0.127. The molecule has 1 N–H and O–H groups in total. The van der Waals surface area contributed by atoms with Crippen LogP contribution in [0.1, 0.15) is 28.3 Å². The Kier molecular flexibility index (Phi) is 5.94. The van der Waals surface area contributed by atoms with Crippen LogP contribution >= 0.6 is 0 Å². The van der Waals surface area contributed by atoms with Gasteiger partial charge in [-0.15, -0.1) is 0 Å². The summed E-state index contributed by atoms with van der Waals surface area (Å²) in [6.45, 7) is 0. The molecule has 0 aliphatic carbocycles. The van der Waals surface area contributed by atoms with Crippen molar-refractivity contribution in [2.24, 2.45) is 0 Å². The molecule has 1 aliphatic rings. The number of nitrogens with zero attached hydrogens (tertiary/aromatic N) is 4. The van der Waals surface area contributed by atoms with Crippen molar-refractivity contribution in [2.45, 2.75) is 19.3 Å². The maximum Gasteiger partial charge on any atom is 0.279 e. The van der Waals surface area contributed by atoms with Crippen molar-refractivity contribution < 1.29 is 9.53 Å². The first-order chi connectivity index (χ1) is 18.2. The third-order valence-electron chi connectivity index (χ3n) is 6.74. The summed E-state index contributed by atoms with van der Waals surface area (Å²) < 4.78 is 6.94. The van der Waals surface area contributed by atoms with Crippen LogP contribution in [0.5, 0.6) is 5.75 Å². The van der Waals surface area contributed by atoms with Gasteiger partial charge in [0, 0.05) is 29.5 Å². The Labute approximate surface area is 214 Å². The van der Waals surface area contributed by atoms with Crippen LogP contribution in [0.3, 0.4) is 0 Å². The summed E-state index contributed by atoms with van der Waals surface area (Å²) in [5.74, 6) is 1.41. The number of fused-ring (bicyclic) bond motifs is 1. The number of carbonyl (C=O) groups is 1. The number of ether oxygens (including phenoxy) is 1. The van der Waals surface area contributed by atoms with Crippen molar-refractivity contribution in [1.29, 1.82) is 0 Å². The van der Waals surface area contributed by atoms with Crippen molar-refractivity contribution in [1.82, 2.24) is 25.0 Å². The lowest BCUT2D eigenvalue weighted by Crippen LogP contribution is -2.24. The summed E-state index contributed by atoms with van der Waals surface area (Å²) in [5.41, 5.74) is 7.30. The van der Waals surface area contributed by atoms with E-state index in [-0.39, 0.29) is 5.91 Å². The molecule has 37 heavy (non-hydrogen) atoms. The quantitative estimate of drug-likeness (QED) is 0.322. The third-order valence-corrected chi connectivity index (χ3v) is 6.74. The molecule has 3 heterocycles. The van der Waals surface area contributed by atoms with Gasteiger partial charge in [-0.25, -0.2) is 4.98 Å². The van der Waals surface area contributed by atoms with E-state index in [0.29, 0.717) is 24.8 Å². The van der Waals surface area contributed by atoms with Gasteiger partial charge in [0.2, 0.25) is 0 Å². The second-order valence-electron chi connectivity index (χ2n) is 8.94. The molecule has 6 rings (SSSR count). The number of rotatable bonds is 7. The van der Waals surface area contributed by atoms with Crippen LogP contribution in [0, 0.1) is 0 Å². The van der Waals surface area contributed by atoms with E-state index >= 15 is 0 Å². The molecule has 0 bridgehead atoms. The highest BCUT2D eigenvalue weighted by Crippen LogP contribution is 2.40. The minimum absolute atomic E-state index is 0.127. The second kappa shape index (κ2) is 9.70. The van der Waals surface area contributed by atoms with E-state index in [4.69, 9.17) is 9.84 Å². The molecule has 0 spiro atoms. The number of hydrogen-bond acceptors (Lipinski definition) is 5. The van der Waals surface area contributed by atoms with E-state index < -0.39 is 0 Å². The van der Waals surface area contributed by atoms with Crippen LogP contribution in [0.2, 0.25) is 0 Å². The summed E-state index contributed by atoms with van der Waals surface area (Å²) >= 11 is 0. The average Bonchev–Trinajstić information content (AvgIpc) is 3.61. The number of methoxy groups -OCH3 is 1. The van der Waals surface area contributed by atoms with Crippen LogP contribution in [0.25, 0.3) is 28.0 Å². The van der Waals surface area contributed by atoms with Gasteiger partial charge >= 0.3 is 0 Å². The second-order valence-corrected chi connectivity index (χ2v) is 8.94. The smallest absolute Gasteiger partial charge is 0.279 e. The Bertz CT molecular complexity index is 1570. The van der Waals surface area contributed by atoms with Gasteiger partial charge in [-0.05, 0) is 29.7 Å². The van der Waals surface area contributed by atoms with Crippen LogP contribution in [-0.4, -0.2) is 38.0 Å². The standard InChI is InChI=1S/C30H25N5O2/c1-37-24-15-12-21(13-16-24)27-23(14-17-26-31-19-32-33-26)18-25-28(20-8-4-2-5-9-20)29(34-35(25)30(27)36)22-10-6-3-7-11-22/h2-13,15-16,19H,14,17-18H2,1H3,(H,31,32,33). The van der Waals surface area contributed by atoms with Gasteiger partial charge in [0.15, 0.2) is 0 Å². The number of aromatic nitrogens is 5. The van der Waals surface area contributed by atoms with Gasteiger partial charge in [-0.1, -0.05) is 78.4 Å². The lowest BCUT2D eigenvalue weighted by Gasteiger charge is -2.22. The Morgan fingerprint density at radius 3 is 2.22 bits per heavy atom. The highest BCUT2D eigenvalue weighted by molar-refractivity contribution is 6.23. The maximum atomic E-state index is 14.1. The largest absolute Gasteiger partial charge is 0.497 e. The summed E-state index contributed by atoms with van der Waals surface area (Å²) in [7, 11) is 1.63. The molecule has 1 aliphatic heterocycles. The molecule has 0 atom stereocenters. The zero-order valence-electron chi connectivity index (χ0n) is 20.4. The van der Waals surface area contributed by atoms with Crippen LogP contribution in [0.4, 0.5) is 0 Å². The molecule has 0 saturated heterocycles. The number of hydrogen-bond donors (Lipinski definition) is 1. The molecule has 7 nitrogen and oxygen atoms in total. The van der Waals surface area contributed by atoms with Gasteiger partial charge in [-0.3, -0.25) is 9.89 Å². The maximum absolute atomic E-state index is 14.1. The Hall–Kier alpha value is -4.78. The number of H-pyrrole nitrogens is 1. The minimum Gasteiger partial charge on any atom is -0.497 e. The molecular formula is C30H25N5O2. The van der Waals surface area contributed by atoms with Gasteiger partial charge in [-0.2, -0.15) is 14.9 Å². The van der Waals surface area contributed by atoms with E-state index in [1.807, 2.05) is 72.8 Å². The fourth-order valence-electron chi connectivity index (χ4n) is 4.96. The third kappa shape index (κ3) is 4.25. The van der Waals surface area contributed by atoms with E-state index in [1.54, 1.807) is 11.8 Å². The lowest BCUT2D eigenvalue weighted by atomic mass is 9.87. The number of nitrogens with one attached hydrogen (secondary N) is 1. The van der Waals surface area contributed by atoms with Gasteiger partial charge in [0.05, 0.1) is 12.8 Å². The highest BCUT2D eigenvalue weighted by atomic mass is 16.5. The number of carbonyl (C=O) groups excluding carboxylic acids is 1. The molecular weight excluding hydrogens is 462 g/mol. The van der Waals surface area contributed by atoms with Gasteiger partial charge < -0.3 is 4.74 Å². The summed E-state index contributed by atoms with van der Waals surface area (Å²) in [4.78, 5) is 18.4. The van der Waals surface area contributed by atoms with Crippen molar-refractivity contribution in [3.63, 3.8) is 0 Å². The van der Waals surface area contributed by atoms with Crippen molar-refractivity contribution in [3.8, 4) is 28.1 Å². The Morgan fingerprint density at radius 1 is 0.865 bits per heavy atom. The topological polar surface area (TPSA) is 85.7 Å². The molecule has 0 fully saturated rings. The highest BCUT2D eigenvalue weighted by Gasteiger charge is 2.32. The zero-order valence-corrected chi connectivity index (χ0v) is 20.4. The summed E-state index contributed by atoms with van der Waals surface area (Å²) in [5, 5.41) is 11.8. The fraction of sp³-hybridized carbons (Fsp3) is 0.133. The molecule has 7 heteroatoms. The number of benzene rings is 3. The molecule has 0 amide bonds. The zero-order chi connectivity index (χ0) is 25.2. The molecule has 182 valence electrons. The van der Waals surface area contributed by atoms with Crippen LogP contribution in [-0.2, 0) is 12.8 Å². The Morgan fingerprint density at radius 2 is 1.57 bits per heavy atom. The van der Waals surface area contributed by atoms with Crippen LogP contribution in [0.15, 0.2) is 96.8 Å². The molecule has 5 aromatic rings. The normalized spacial score (nSPS) is 13.1. The number of aryl methyl sites for hydroxylation is 1. The first kappa shape index (κ1) is 22.7. The van der Waals surface area contributed by atoms with Gasteiger partial charge in [0.1, 0.15) is 23.6 Å². The monoisotopic (exact) mass is 487 g/mol. The predicted octanol–water partition coefficient (Wildman–Crippen LogP) is 5.63. The van der Waals surface area contributed by atoms with Crippen LogP contribution < -0.4 is 4.74 Å². The SMILES string of the molecule is COc1ccc(C2=C(CCc3ncn[nH]3)Cc3c(-c4ccccc4)c(-c4ccccc4)nn3C2=O)cc1. The van der Waals surface area contributed by atoms with E-state index in [2.05, 4.69) is 27.3 Å². The first-order valence-corrected chi connectivity index (χ1v) is 12.2. The van der Waals surface area contributed by atoms with Crippen molar-refractivity contribution in [2.75, 3.05) is 7.11 Å². The summed E-state index contributed by atoms with van der Waals surface area (Å²) in [6, 6.07) is 27.9. The lowest BCUT2D eigenvalue weighted by molar-refractivity contribution is 0.0958. The van der Waals surface area contributed by atoms with E-state index in [1.165, 1.54) is 6.33 Å². The molecule has 2 aromatic heterocycles. The van der Waals surface area contributed by atoms with E-state index in [0.717, 1.165) is 50.8 Å². The van der Waals surface area contributed by atoms with Gasteiger partial charge in [0.25, 0.3) is 5.91 Å². The number of aromatic amines is 1. The number of allylic oxidation sites excluding steroid dienone is 2. The van der Waals surface area contributed by atoms with E-state index in [9.17, 15) is 4.79 Å². The summed E-state index contributed by atoms with van der Waals surface area (Å²) in [6.07, 6.45) is 3.44. The fourth-order valence-corrected chi connectivity index (χ4v) is 4.96. The first-order valence-electron chi connectivity index (χ1n) is 12.2.